The molecule has 28 heavy (non-hydrogen) atoms. The monoisotopic (exact) mass is 463 g/mol. The molecule has 0 saturated carbocycles. The molecular weight excluding hydrogens is 447 g/mol. The lowest BCUT2D eigenvalue weighted by atomic mass is 10.2. The SMILES string of the molecule is Nc1ccn([C@@H]2O[C@H](/C=C/P(=O)(O)OP(=O)(O)OP(=O)(O)O)C[C@H]2O)c(=O)n1. The molecule has 0 spiro atoms. The van der Waals surface area contributed by atoms with Gasteiger partial charge < -0.3 is 35.2 Å². The van der Waals surface area contributed by atoms with Gasteiger partial charge in [-0.15, -0.1) is 0 Å². The van der Waals surface area contributed by atoms with Crippen LogP contribution < -0.4 is 11.4 Å². The van der Waals surface area contributed by atoms with Crippen molar-refractivity contribution in [2.45, 2.75) is 24.9 Å². The maximum atomic E-state index is 11.8. The van der Waals surface area contributed by atoms with Crippen LogP contribution in [0.1, 0.15) is 12.6 Å². The van der Waals surface area contributed by atoms with Crippen LogP contribution in [-0.2, 0) is 27.1 Å². The Morgan fingerprint density at radius 2 is 1.89 bits per heavy atom. The molecule has 15 nitrogen and oxygen atoms in total. The maximum absolute atomic E-state index is 11.8. The summed E-state index contributed by atoms with van der Waals surface area (Å²) in [5.74, 6) is 0.359. The van der Waals surface area contributed by atoms with E-state index in [1.807, 2.05) is 0 Å². The summed E-state index contributed by atoms with van der Waals surface area (Å²) in [4.78, 5) is 50.8. The minimum Gasteiger partial charge on any atom is -0.388 e. The Morgan fingerprint density at radius 1 is 1.25 bits per heavy atom. The average Bonchev–Trinajstić information content (AvgIpc) is 2.82. The predicted molar refractivity (Wildman–Crippen MR) is 90.4 cm³/mol. The van der Waals surface area contributed by atoms with E-state index >= 15 is 0 Å². The Bertz CT molecular complexity index is 956. The van der Waals surface area contributed by atoms with E-state index in [4.69, 9.17) is 25.2 Å². The maximum Gasteiger partial charge on any atom is 0.488 e. The van der Waals surface area contributed by atoms with E-state index in [1.54, 1.807) is 0 Å². The smallest absolute Gasteiger partial charge is 0.388 e. The summed E-state index contributed by atoms with van der Waals surface area (Å²) in [7, 11) is -16.0. The van der Waals surface area contributed by atoms with Gasteiger partial charge >= 0.3 is 28.9 Å². The second kappa shape index (κ2) is 8.27. The number of nitrogens with two attached hydrogens (primary N) is 1. The van der Waals surface area contributed by atoms with Crippen molar-refractivity contribution in [2.24, 2.45) is 0 Å². The number of hydrogen-bond acceptors (Lipinski definition) is 10. The van der Waals surface area contributed by atoms with Gasteiger partial charge in [-0.3, -0.25) is 9.13 Å². The molecule has 1 aliphatic rings. The third-order valence-electron chi connectivity index (χ3n) is 3.16. The lowest BCUT2D eigenvalue weighted by molar-refractivity contribution is -0.0279. The largest absolute Gasteiger partial charge is 0.488 e. The Balaban J connectivity index is 2.08. The third kappa shape index (κ3) is 6.69. The average molecular weight is 463 g/mol. The normalized spacial score (nSPS) is 27.5. The van der Waals surface area contributed by atoms with Gasteiger partial charge in [0, 0.05) is 18.4 Å². The third-order valence-corrected chi connectivity index (χ3v) is 7.15. The van der Waals surface area contributed by atoms with E-state index in [2.05, 4.69) is 13.6 Å². The lowest BCUT2D eigenvalue weighted by Crippen LogP contribution is -2.31. The van der Waals surface area contributed by atoms with Gasteiger partial charge in [-0.2, -0.15) is 9.29 Å². The van der Waals surface area contributed by atoms with Crippen molar-refractivity contribution in [2.75, 3.05) is 5.73 Å². The number of ether oxygens (including phenoxy) is 1. The number of nitrogens with zero attached hydrogens (tertiary/aromatic N) is 2. The van der Waals surface area contributed by atoms with Crippen molar-refractivity contribution in [3.63, 3.8) is 0 Å². The molecule has 158 valence electrons. The quantitative estimate of drug-likeness (QED) is 0.277. The van der Waals surface area contributed by atoms with Crippen LogP contribution in [0.3, 0.4) is 0 Å². The number of rotatable bonds is 7. The summed E-state index contributed by atoms with van der Waals surface area (Å²) in [5.41, 5.74) is 4.55. The molecule has 7 N–H and O–H groups in total. The van der Waals surface area contributed by atoms with Crippen LogP contribution in [0.2, 0.25) is 0 Å². The summed E-state index contributed by atoms with van der Waals surface area (Å²) >= 11 is 0. The van der Waals surface area contributed by atoms with Crippen LogP contribution in [0, 0.1) is 0 Å². The fourth-order valence-corrected chi connectivity index (χ4v) is 5.48. The van der Waals surface area contributed by atoms with Crippen molar-refractivity contribution in [3.05, 3.63) is 34.6 Å². The number of nitrogen functional groups attached to an aromatic ring is 1. The summed E-state index contributed by atoms with van der Waals surface area (Å²) in [6, 6.07) is 1.29. The molecule has 5 atom stereocenters. The fraction of sp³-hybridized carbons (Fsp3) is 0.400. The Morgan fingerprint density at radius 3 is 2.46 bits per heavy atom. The molecule has 18 heteroatoms. The minimum absolute atomic E-state index is 0.0468. The first-order valence-electron chi connectivity index (χ1n) is 7.18. The first kappa shape index (κ1) is 23.1. The van der Waals surface area contributed by atoms with E-state index in [0.717, 1.165) is 10.6 Å². The van der Waals surface area contributed by atoms with E-state index in [1.165, 1.54) is 12.3 Å². The highest BCUT2D eigenvalue weighted by Gasteiger charge is 2.39. The van der Waals surface area contributed by atoms with E-state index in [9.17, 15) is 28.5 Å². The second-order valence-electron chi connectivity index (χ2n) is 5.44. The van der Waals surface area contributed by atoms with Crippen LogP contribution in [-0.4, -0.2) is 46.4 Å². The van der Waals surface area contributed by atoms with Crippen LogP contribution in [0.4, 0.5) is 5.82 Å². The molecule has 2 heterocycles. The Kier molecular flexibility index (Phi) is 6.81. The van der Waals surface area contributed by atoms with Gasteiger partial charge in [0.05, 0.1) is 6.10 Å². The van der Waals surface area contributed by atoms with Gasteiger partial charge in [-0.05, 0) is 12.1 Å². The number of phosphoric acid groups is 2. The van der Waals surface area contributed by atoms with Gasteiger partial charge in [0.15, 0.2) is 6.23 Å². The number of aromatic nitrogens is 2. The number of hydrogen-bond donors (Lipinski definition) is 6. The van der Waals surface area contributed by atoms with Crippen molar-refractivity contribution < 1.29 is 51.7 Å². The standard InChI is InChI=1S/C10H16N3O12P3/c11-8-1-3-13(10(15)12-8)9-7(14)5-6(23-9)2-4-26(16,17)24-28(21,22)25-27(18,19)20/h1-4,6-7,9,14H,5H2,(H,16,17)(H,21,22)(H2,11,12,15)(H2,18,19,20)/b4-2+/t6-,7-,9-/m1/s1. The number of anilines is 1. The zero-order valence-corrected chi connectivity index (χ0v) is 16.3. The van der Waals surface area contributed by atoms with Crippen molar-refractivity contribution >= 4 is 29.1 Å². The summed E-state index contributed by atoms with van der Waals surface area (Å²) in [5, 5.41) is 10.0. The van der Waals surface area contributed by atoms with Crippen LogP contribution in [0.5, 0.6) is 0 Å². The van der Waals surface area contributed by atoms with Crippen molar-refractivity contribution in [1.82, 2.24) is 9.55 Å². The number of aliphatic hydroxyl groups excluding tert-OH is 1. The van der Waals surface area contributed by atoms with E-state index < -0.39 is 47.4 Å². The predicted octanol–water partition coefficient (Wildman–Crippen LogP) is -0.601. The molecule has 1 saturated heterocycles. The first-order valence-corrected chi connectivity index (χ1v) is 11.9. The van der Waals surface area contributed by atoms with E-state index in [0.29, 0.717) is 5.82 Å². The molecule has 1 aliphatic heterocycles. The molecule has 2 rings (SSSR count). The highest BCUT2D eigenvalue weighted by Crippen LogP contribution is 2.66. The zero-order valence-electron chi connectivity index (χ0n) is 13.7. The van der Waals surface area contributed by atoms with Crippen molar-refractivity contribution in [1.29, 1.82) is 0 Å². The lowest BCUT2D eigenvalue weighted by Gasteiger charge is -2.16. The molecule has 0 amide bonds. The molecule has 1 aromatic rings. The summed E-state index contributed by atoms with van der Waals surface area (Å²) < 4.78 is 47.2. The molecular formula is C10H16N3O12P3. The molecule has 0 bridgehead atoms. The molecule has 0 aromatic carbocycles. The molecule has 0 aliphatic carbocycles. The van der Waals surface area contributed by atoms with Gasteiger partial charge in [-0.25, -0.2) is 18.2 Å². The van der Waals surface area contributed by atoms with Crippen molar-refractivity contribution in [3.8, 4) is 0 Å². The highest BCUT2D eigenvalue weighted by atomic mass is 31.3. The Hall–Kier alpha value is -1.21. The van der Waals surface area contributed by atoms with Gasteiger partial charge in [0.1, 0.15) is 11.9 Å². The van der Waals surface area contributed by atoms with Crippen LogP contribution in [0.25, 0.3) is 0 Å². The molecule has 1 aromatic heterocycles. The first-order chi connectivity index (χ1) is 12.7. The van der Waals surface area contributed by atoms with Crippen LogP contribution in [0.15, 0.2) is 29.0 Å². The molecule has 2 unspecified atom stereocenters. The molecule has 1 fully saturated rings. The number of aliphatic hydroxyl groups is 1. The van der Waals surface area contributed by atoms with Gasteiger partial charge in [0.2, 0.25) is 0 Å². The summed E-state index contributed by atoms with van der Waals surface area (Å²) in [6.45, 7) is 0. The fourth-order valence-electron chi connectivity index (χ4n) is 2.20. The Labute approximate surface area is 156 Å². The van der Waals surface area contributed by atoms with Gasteiger partial charge in [0.25, 0.3) is 0 Å². The van der Waals surface area contributed by atoms with Crippen LogP contribution >= 0.6 is 23.2 Å². The van der Waals surface area contributed by atoms with E-state index in [-0.39, 0.29) is 12.2 Å². The second-order valence-corrected chi connectivity index (χ2v) is 10.1. The van der Waals surface area contributed by atoms with Gasteiger partial charge in [-0.1, -0.05) is 0 Å². The minimum atomic E-state index is -5.56. The summed E-state index contributed by atoms with van der Waals surface area (Å²) in [6.07, 6.45) is -1.42. The molecule has 0 radical (unpaired) electrons. The zero-order chi connectivity index (χ0) is 21.3. The highest BCUT2D eigenvalue weighted by molar-refractivity contribution is 7.69. The topological polar surface area (TPSA) is 241 Å².